The van der Waals surface area contributed by atoms with Crippen LogP contribution in [0.4, 0.5) is 4.79 Å². The Kier molecular flexibility index (Phi) is 4.70. The lowest BCUT2D eigenvalue weighted by molar-refractivity contribution is -0.0265. The Morgan fingerprint density at radius 2 is 2.17 bits per heavy atom. The first-order chi connectivity index (χ1) is 10.8. The molecule has 23 heavy (non-hydrogen) atoms. The van der Waals surface area contributed by atoms with Crippen LogP contribution in [0.25, 0.3) is 0 Å². The third-order valence-electron chi connectivity index (χ3n) is 4.36. The number of benzene rings is 1. The van der Waals surface area contributed by atoms with Crippen molar-refractivity contribution in [2.24, 2.45) is 0 Å². The van der Waals surface area contributed by atoms with E-state index in [0.717, 1.165) is 30.3 Å². The smallest absolute Gasteiger partial charge is 0.410 e. The Morgan fingerprint density at radius 1 is 1.39 bits per heavy atom. The van der Waals surface area contributed by atoms with Crippen LogP contribution in [0, 0.1) is 0 Å². The van der Waals surface area contributed by atoms with Gasteiger partial charge >= 0.3 is 6.09 Å². The Balaban J connectivity index is 1.83. The van der Waals surface area contributed by atoms with E-state index in [9.17, 15) is 4.79 Å². The molecule has 4 nitrogen and oxygen atoms in total. The number of ether oxygens (including phenoxy) is 2. The number of hydrogen-bond acceptors (Lipinski definition) is 3. The standard InChI is InChI=1S/C18H24BrNO3/c1-18(2,3)23-17(21)20-9-4-5-15(20)16-14-7-6-13(19)11-12(14)8-10-22-16/h6-7,11,15-16H,4-5,8-10H2,1-3H3/t15?,16-/m1/s1. The zero-order valence-electron chi connectivity index (χ0n) is 14.0. The zero-order valence-corrected chi connectivity index (χ0v) is 15.6. The van der Waals surface area contributed by atoms with E-state index in [0.29, 0.717) is 6.61 Å². The number of hydrogen-bond donors (Lipinski definition) is 0. The SMILES string of the molecule is CC(C)(C)OC(=O)N1CCCC1[C@@H]1OCCc2cc(Br)ccc21. The van der Waals surface area contributed by atoms with Gasteiger partial charge in [-0.3, -0.25) is 0 Å². The molecular formula is C18H24BrNO3. The van der Waals surface area contributed by atoms with Crippen LogP contribution < -0.4 is 0 Å². The second kappa shape index (κ2) is 6.44. The fraction of sp³-hybridized carbons (Fsp3) is 0.611. The summed E-state index contributed by atoms with van der Waals surface area (Å²) >= 11 is 3.54. The summed E-state index contributed by atoms with van der Waals surface area (Å²) in [7, 11) is 0. The highest BCUT2D eigenvalue weighted by molar-refractivity contribution is 9.10. The molecule has 0 aromatic heterocycles. The number of halogens is 1. The average molecular weight is 382 g/mol. The monoisotopic (exact) mass is 381 g/mol. The van der Waals surface area contributed by atoms with Gasteiger partial charge in [-0.25, -0.2) is 4.79 Å². The maximum atomic E-state index is 12.5. The van der Waals surface area contributed by atoms with Gasteiger partial charge in [-0.15, -0.1) is 0 Å². The second-order valence-corrected chi connectivity index (χ2v) is 8.18. The summed E-state index contributed by atoms with van der Waals surface area (Å²) in [5, 5.41) is 0. The Labute approximate surface area is 146 Å². The van der Waals surface area contributed by atoms with E-state index in [1.54, 1.807) is 0 Å². The maximum Gasteiger partial charge on any atom is 0.410 e. The lowest BCUT2D eigenvalue weighted by Gasteiger charge is -2.36. The molecule has 126 valence electrons. The minimum absolute atomic E-state index is 0.0538. The van der Waals surface area contributed by atoms with Gasteiger partial charge < -0.3 is 14.4 Å². The number of carbonyl (C=O) groups is 1. The van der Waals surface area contributed by atoms with E-state index >= 15 is 0 Å². The molecule has 0 saturated carbocycles. The van der Waals surface area contributed by atoms with Crippen LogP contribution >= 0.6 is 15.9 Å². The van der Waals surface area contributed by atoms with Gasteiger partial charge in [0, 0.05) is 11.0 Å². The van der Waals surface area contributed by atoms with E-state index in [1.807, 2.05) is 31.7 Å². The van der Waals surface area contributed by atoms with Crippen LogP contribution in [0.3, 0.4) is 0 Å². The van der Waals surface area contributed by atoms with Crippen molar-refractivity contribution in [3.8, 4) is 0 Å². The van der Waals surface area contributed by atoms with Gasteiger partial charge in [0.2, 0.25) is 0 Å². The molecule has 1 amide bonds. The minimum Gasteiger partial charge on any atom is -0.444 e. The first-order valence-electron chi connectivity index (χ1n) is 8.25. The van der Waals surface area contributed by atoms with E-state index in [-0.39, 0.29) is 18.2 Å². The van der Waals surface area contributed by atoms with Gasteiger partial charge in [-0.05, 0) is 63.3 Å². The minimum atomic E-state index is -0.472. The number of fused-ring (bicyclic) bond motifs is 1. The third-order valence-corrected chi connectivity index (χ3v) is 4.85. The number of likely N-dealkylation sites (tertiary alicyclic amines) is 1. The number of rotatable bonds is 1. The van der Waals surface area contributed by atoms with Gasteiger partial charge in [0.15, 0.2) is 0 Å². The van der Waals surface area contributed by atoms with E-state index < -0.39 is 5.60 Å². The molecule has 0 aliphatic carbocycles. The van der Waals surface area contributed by atoms with Crippen molar-refractivity contribution in [3.05, 3.63) is 33.8 Å². The predicted molar refractivity (Wildman–Crippen MR) is 92.5 cm³/mol. The quantitative estimate of drug-likeness (QED) is 0.720. The van der Waals surface area contributed by atoms with Gasteiger partial charge in [-0.2, -0.15) is 0 Å². The van der Waals surface area contributed by atoms with Crippen LogP contribution in [-0.4, -0.2) is 35.8 Å². The molecule has 2 heterocycles. The third kappa shape index (κ3) is 3.72. The topological polar surface area (TPSA) is 38.8 Å². The van der Waals surface area contributed by atoms with Crippen molar-refractivity contribution in [1.82, 2.24) is 4.90 Å². The first-order valence-corrected chi connectivity index (χ1v) is 9.04. The van der Waals surface area contributed by atoms with Crippen LogP contribution in [0.2, 0.25) is 0 Å². The molecule has 0 spiro atoms. The molecule has 1 aromatic carbocycles. The van der Waals surface area contributed by atoms with Gasteiger partial charge in [0.1, 0.15) is 11.7 Å². The molecule has 1 fully saturated rings. The van der Waals surface area contributed by atoms with Crippen molar-refractivity contribution < 1.29 is 14.3 Å². The summed E-state index contributed by atoms with van der Waals surface area (Å²) in [6.45, 7) is 7.15. The van der Waals surface area contributed by atoms with Gasteiger partial charge in [0.25, 0.3) is 0 Å². The molecule has 2 aliphatic rings. The van der Waals surface area contributed by atoms with E-state index in [2.05, 4.69) is 28.1 Å². The molecule has 2 atom stereocenters. The number of nitrogens with zero attached hydrogens (tertiary/aromatic N) is 1. The highest BCUT2D eigenvalue weighted by Gasteiger charge is 2.40. The molecule has 0 N–H and O–H groups in total. The van der Waals surface area contributed by atoms with Gasteiger partial charge in [-0.1, -0.05) is 22.0 Å². The summed E-state index contributed by atoms with van der Waals surface area (Å²) in [6, 6.07) is 6.39. The van der Waals surface area contributed by atoms with E-state index in [1.165, 1.54) is 11.1 Å². The summed E-state index contributed by atoms with van der Waals surface area (Å²) in [5.74, 6) is 0. The predicted octanol–water partition coefficient (Wildman–Crippen LogP) is 4.46. The summed E-state index contributed by atoms with van der Waals surface area (Å²) in [5.41, 5.74) is 2.05. The average Bonchev–Trinajstić information content (AvgIpc) is 2.93. The summed E-state index contributed by atoms with van der Waals surface area (Å²) in [6.07, 6.45) is 2.59. The summed E-state index contributed by atoms with van der Waals surface area (Å²) in [4.78, 5) is 14.4. The molecule has 2 aliphatic heterocycles. The fourth-order valence-corrected chi connectivity index (χ4v) is 3.84. The van der Waals surface area contributed by atoms with Crippen LogP contribution in [-0.2, 0) is 15.9 Å². The number of carbonyl (C=O) groups excluding carboxylic acids is 1. The Hall–Kier alpha value is -1.07. The summed E-state index contributed by atoms with van der Waals surface area (Å²) < 4.78 is 12.7. The normalized spacial score (nSPS) is 24.4. The molecule has 1 saturated heterocycles. The van der Waals surface area contributed by atoms with Crippen LogP contribution in [0.15, 0.2) is 22.7 Å². The maximum absolute atomic E-state index is 12.5. The second-order valence-electron chi connectivity index (χ2n) is 7.27. The van der Waals surface area contributed by atoms with Crippen LogP contribution in [0.1, 0.15) is 50.8 Å². The Morgan fingerprint density at radius 3 is 2.91 bits per heavy atom. The highest BCUT2D eigenvalue weighted by Crippen LogP contribution is 2.38. The molecule has 5 heteroatoms. The van der Waals surface area contributed by atoms with Gasteiger partial charge in [0.05, 0.1) is 12.6 Å². The van der Waals surface area contributed by atoms with Crippen molar-refractivity contribution in [1.29, 1.82) is 0 Å². The molecular weight excluding hydrogens is 358 g/mol. The Bertz CT molecular complexity index is 596. The highest BCUT2D eigenvalue weighted by atomic mass is 79.9. The lowest BCUT2D eigenvalue weighted by atomic mass is 9.92. The van der Waals surface area contributed by atoms with Crippen molar-refractivity contribution in [2.75, 3.05) is 13.2 Å². The first kappa shape index (κ1) is 16.8. The molecule has 1 unspecified atom stereocenters. The number of amides is 1. The molecule has 0 radical (unpaired) electrons. The van der Waals surface area contributed by atoms with Crippen LogP contribution in [0.5, 0.6) is 0 Å². The molecule has 0 bridgehead atoms. The zero-order chi connectivity index (χ0) is 16.6. The molecule has 1 aromatic rings. The van der Waals surface area contributed by atoms with Crippen molar-refractivity contribution in [3.63, 3.8) is 0 Å². The van der Waals surface area contributed by atoms with E-state index in [4.69, 9.17) is 9.47 Å². The largest absolute Gasteiger partial charge is 0.444 e. The van der Waals surface area contributed by atoms with Crippen molar-refractivity contribution in [2.45, 2.75) is 57.8 Å². The molecule has 3 rings (SSSR count). The lowest BCUT2D eigenvalue weighted by Crippen LogP contribution is -2.43. The fourth-order valence-electron chi connectivity index (χ4n) is 3.43. The van der Waals surface area contributed by atoms with Crippen molar-refractivity contribution >= 4 is 22.0 Å².